The maximum absolute atomic E-state index is 12.6. The van der Waals surface area contributed by atoms with Crippen LogP contribution in [0.4, 0.5) is 5.69 Å². The Bertz CT molecular complexity index is 882. The van der Waals surface area contributed by atoms with Crippen LogP contribution in [0.1, 0.15) is 65.2 Å². The van der Waals surface area contributed by atoms with Crippen LogP contribution < -0.4 is 4.90 Å². The Kier molecular flexibility index (Phi) is 5.29. The van der Waals surface area contributed by atoms with Gasteiger partial charge in [-0.15, -0.1) is 10.2 Å². The smallest absolute Gasteiger partial charge is 0.200 e. The molecule has 1 unspecified atom stereocenters. The molecule has 7 nitrogen and oxygen atoms in total. The Morgan fingerprint density at radius 2 is 1.96 bits per heavy atom. The standard InChI is InChI=1S/C19H29N5O2S/c1-14(2)24-13-21-22-18(24)15-7-6-10-23(12-15)16-8-9-17(20-11-16)27(25,26)19(3,4)5/h8-9,11,13-15H,6-7,10,12H2,1-5H3. The second-order valence-electron chi connectivity index (χ2n) is 8.45. The highest BCUT2D eigenvalue weighted by Gasteiger charge is 2.32. The molecule has 0 spiro atoms. The van der Waals surface area contributed by atoms with Gasteiger partial charge in [0, 0.05) is 25.0 Å². The minimum atomic E-state index is -3.44. The molecule has 2 aromatic rings. The molecule has 148 valence electrons. The first kappa shape index (κ1) is 19.8. The average molecular weight is 392 g/mol. The molecule has 0 bridgehead atoms. The van der Waals surface area contributed by atoms with Gasteiger partial charge in [-0.3, -0.25) is 0 Å². The van der Waals surface area contributed by atoms with E-state index in [1.54, 1.807) is 39.4 Å². The quantitative estimate of drug-likeness (QED) is 0.796. The van der Waals surface area contributed by atoms with Crippen molar-refractivity contribution in [3.8, 4) is 0 Å². The first-order valence-corrected chi connectivity index (χ1v) is 10.9. The van der Waals surface area contributed by atoms with Crippen molar-refractivity contribution in [1.82, 2.24) is 19.7 Å². The van der Waals surface area contributed by atoms with Crippen LogP contribution in [-0.4, -0.2) is 46.0 Å². The minimum Gasteiger partial charge on any atom is -0.370 e. The zero-order valence-electron chi connectivity index (χ0n) is 16.8. The molecule has 8 heteroatoms. The molecule has 0 amide bonds. The summed E-state index contributed by atoms with van der Waals surface area (Å²) in [5, 5.41) is 8.58. The largest absolute Gasteiger partial charge is 0.370 e. The van der Waals surface area contributed by atoms with Gasteiger partial charge in [-0.1, -0.05) is 0 Å². The van der Waals surface area contributed by atoms with Crippen molar-refractivity contribution < 1.29 is 8.42 Å². The predicted molar refractivity (Wildman–Crippen MR) is 106 cm³/mol. The average Bonchev–Trinajstić information content (AvgIpc) is 3.11. The highest BCUT2D eigenvalue weighted by molar-refractivity contribution is 7.92. The van der Waals surface area contributed by atoms with Gasteiger partial charge in [0.2, 0.25) is 0 Å². The molecule has 0 radical (unpaired) electrons. The second-order valence-corrected chi connectivity index (χ2v) is 11.1. The van der Waals surface area contributed by atoms with Crippen molar-refractivity contribution in [3.05, 3.63) is 30.5 Å². The molecule has 1 atom stereocenters. The van der Waals surface area contributed by atoms with Crippen LogP contribution in [0.5, 0.6) is 0 Å². The van der Waals surface area contributed by atoms with Crippen LogP contribution in [0, 0.1) is 0 Å². The fourth-order valence-corrected chi connectivity index (χ4v) is 4.46. The molecule has 0 N–H and O–H groups in total. The van der Waals surface area contributed by atoms with E-state index in [1.165, 1.54) is 0 Å². The van der Waals surface area contributed by atoms with E-state index < -0.39 is 14.6 Å². The highest BCUT2D eigenvalue weighted by atomic mass is 32.2. The molecule has 1 saturated heterocycles. The number of hydrogen-bond acceptors (Lipinski definition) is 6. The van der Waals surface area contributed by atoms with Crippen LogP contribution >= 0.6 is 0 Å². The van der Waals surface area contributed by atoms with Gasteiger partial charge in [-0.2, -0.15) is 0 Å². The minimum absolute atomic E-state index is 0.131. The van der Waals surface area contributed by atoms with Gasteiger partial charge >= 0.3 is 0 Å². The summed E-state index contributed by atoms with van der Waals surface area (Å²) in [5.41, 5.74) is 0.947. The highest BCUT2D eigenvalue weighted by Crippen LogP contribution is 2.31. The Morgan fingerprint density at radius 1 is 1.22 bits per heavy atom. The normalized spacial score (nSPS) is 18.9. The first-order valence-electron chi connectivity index (χ1n) is 9.46. The van der Waals surface area contributed by atoms with Crippen LogP contribution in [-0.2, 0) is 9.84 Å². The number of rotatable bonds is 4. The molecule has 1 fully saturated rings. The zero-order chi connectivity index (χ0) is 19.8. The summed E-state index contributed by atoms with van der Waals surface area (Å²) in [4.78, 5) is 6.52. The predicted octanol–water partition coefficient (Wildman–Crippen LogP) is 3.21. The fraction of sp³-hybridized carbons (Fsp3) is 0.632. The number of nitrogens with zero attached hydrogens (tertiary/aromatic N) is 5. The van der Waals surface area contributed by atoms with Gasteiger partial charge in [-0.05, 0) is 59.6 Å². The van der Waals surface area contributed by atoms with Gasteiger partial charge in [-0.25, -0.2) is 13.4 Å². The van der Waals surface area contributed by atoms with Crippen molar-refractivity contribution in [2.75, 3.05) is 18.0 Å². The number of anilines is 1. The molecular weight excluding hydrogens is 362 g/mol. The summed E-state index contributed by atoms with van der Waals surface area (Å²) in [6, 6.07) is 3.81. The third-order valence-corrected chi connectivity index (χ3v) is 7.52. The van der Waals surface area contributed by atoms with Crippen LogP contribution in [0.25, 0.3) is 0 Å². The van der Waals surface area contributed by atoms with Gasteiger partial charge in [0.15, 0.2) is 14.9 Å². The number of hydrogen-bond donors (Lipinski definition) is 0. The summed E-state index contributed by atoms with van der Waals surface area (Å²) in [6.45, 7) is 11.1. The Hall–Kier alpha value is -1.96. The maximum Gasteiger partial charge on any atom is 0.200 e. The van der Waals surface area contributed by atoms with E-state index in [2.05, 4.69) is 38.5 Å². The summed E-state index contributed by atoms with van der Waals surface area (Å²) in [7, 11) is -3.44. The van der Waals surface area contributed by atoms with Crippen molar-refractivity contribution in [1.29, 1.82) is 0 Å². The summed E-state index contributed by atoms with van der Waals surface area (Å²) in [6.07, 6.45) is 5.60. The third-order valence-electron chi connectivity index (χ3n) is 5.11. The number of aromatic nitrogens is 4. The second kappa shape index (κ2) is 7.22. The lowest BCUT2D eigenvalue weighted by Crippen LogP contribution is -2.35. The number of pyridine rings is 1. The zero-order valence-corrected chi connectivity index (χ0v) is 17.6. The van der Waals surface area contributed by atoms with Crippen LogP contribution in [0.3, 0.4) is 0 Å². The van der Waals surface area contributed by atoms with E-state index >= 15 is 0 Å². The Morgan fingerprint density at radius 3 is 2.56 bits per heavy atom. The molecule has 2 aromatic heterocycles. The lowest BCUT2D eigenvalue weighted by molar-refractivity contribution is 0.454. The topological polar surface area (TPSA) is 81.0 Å². The molecule has 0 saturated carbocycles. The van der Waals surface area contributed by atoms with Crippen molar-refractivity contribution in [3.63, 3.8) is 0 Å². The van der Waals surface area contributed by atoms with Gasteiger partial charge in [0.1, 0.15) is 12.2 Å². The van der Waals surface area contributed by atoms with E-state index in [1.807, 2.05) is 6.07 Å². The molecule has 1 aliphatic heterocycles. The fourth-order valence-electron chi connectivity index (χ4n) is 3.40. The van der Waals surface area contributed by atoms with Crippen LogP contribution in [0.15, 0.2) is 29.7 Å². The summed E-state index contributed by atoms with van der Waals surface area (Å²) < 4.78 is 26.4. The van der Waals surface area contributed by atoms with E-state index in [4.69, 9.17) is 0 Å². The third kappa shape index (κ3) is 3.85. The van der Waals surface area contributed by atoms with Crippen LogP contribution in [0.2, 0.25) is 0 Å². The molecule has 0 aromatic carbocycles. The molecule has 3 rings (SSSR count). The number of piperidine rings is 1. The Balaban J connectivity index is 1.80. The molecule has 3 heterocycles. The van der Waals surface area contributed by atoms with E-state index in [0.717, 1.165) is 37.4 Å². The van der Waals surface area contributed by atoms with E-state index in [-0.39, 0.29) is 5.03 Å². The van der Waals surface area contributed by atoms with Crippen molar-refractivity contribution >= 4 is 15.5 Å². The maximum atomic E-state index is 12.6. The van der Waals surface area contributed by atoms with E-state index in [0.29, 0.717) is 12.0 Å². The summed E-state index contributed by atoms with van der Waals surface area (Å²) >= 11 is 0. The number of sulfone groups is 1. The van der Waals surface area contributed by atoms with Crippen molar-refractivity contribution in [2.45, 2.75) is 69.2 Å². The molecule has 1 aliphatic rings. The lowest BCUT2D eigenvalue weighted by atomic mass is 9.96. The lowest BCUT2D eigenvalue weighted by Gasteiger charge is -2.34. The molecular formula is C19H29N5O2S. The van der Waals surface area contributed by atoms with Crippen molar-refractivity contribution in [2.24, 2.45) is 0 Å². The SMILES string of the molecule is CC(C)n1cnnc1C1CCCN(c2ccc(S(=O)(=O)C(C)(C)C)nc2)C1. The molecule has 0 aliphatic carbocycles. The van der Waals surface area contributed by atoms with Gasteiger partial charge in [0.25, 0.3) is 0 Å². The first-order chi connectivity index (χ1) is 12.6. The van der Waals surface area contributed by atoms with Gasteiger partial charge in [0.05, 0.1) is 16.6 Å². The van der Waals surface area contributed by atoms with E-state index in [9.17, 15) is 8.42 Å². The van der Waals surface area contributed by atoms with Gasteiger partial charge < -0.3 is 9.47 Å². The summed E-state index contributed by atoms with van der Waals surface area (Å²) in [5.74, 6) is 1.33. The Labute approximate surface area is 161 Å². The molecule has 27 heavy (non-hydrogen) atoms. The monoisotopic (exact) mass is 391 g/mol.